The molecular formula is C10H13ClN2O. The van der Waals surface area contributed by atoms with E-state index in [9.17, 15) is 4.79 Å². The summed E-state index contributed by atoms with van der Waals surface area (Å²) in [5, 5.41) is 2.55. The Hall–Kier alpha value is -1.22. The quantitative estimate of drug-likeness (QED) is 0.749. The van der Waals surface area contributed by atoms with Crippen molar-refractivity contribution in [3.05, 3.63) is 29.8 Å². The highest BCUT2D eigenvalue weighted by Crippen LogP contribution is 2.14. The number of benzene rings is 1. The third-order valence-electron chi connectivity index (χ3n) is 2.00. The fourth-order valence-electron chi connectivity index (χ4n) is 1.09. The van der Waals surface area contributed by atoms with Gasteiger partial charge in [0, 0.05) is 25.7 Å². The standard InChI is InChI=1S/C10H13ClN2O/c1-12-10(14)13(2)9-5-3-8(7-11)4-6-9/h3-6H,7H2,1-2H3,(H,12,14). The summed E-state index contributed by atoms with van der Waals surface area (Å²) in [6.45, 7) is 0. The molecule has 0 aliphatic heterocycles. The summed E-state index contributed by atoms with van der Waals surface area (Å²) in [5.74, 6) is 0.490. The summed E-state index contributed by atoms with van der Waals surface area (Å²) in [5.41, 5.74) is 1.89. The first-order chi connectivity index (χ1) is 6.69. The lowest BCUT2D eigenvalue weighted by Crippen LogP contribution is -2.34. The summed E-state index contributed by atoms with van der Waals surface area (Å²) in [7, 11) is 3.32. The minimum Gasteiger partial charge on any atom is -0.341 e. The van der Waals surface area contributed by atoms with Crippen LogP contribution in [-0.4, -0.2) is 20.1 Å². The number of anilines is 1. The van der Waals surface area contributed by atoms with Crippen LogP contribution < -0.4 is 10.2 Å². The highest BCUT2D eigenvalue weighted by molar-refractivity contribution is 6.17. The fraction of sp³-hybridized carbons (Fsp3) is 0.300. The number of hydrogen-bond acceptors (Lipinski definition) is 1. The Kier molecular flexibility index (Phi) is 3.77. The largest absolute Gasteiger partial charge is 0.341 e. The lowest BCUT2D eigenvalue weighted by molar-refractivity contribution is 0.249. The van der Waals surface area contributed by atoms with Crippen molar-refractivity contribution < 1.29 is 4.79 Å². The van der Waals surface area contributed by atoms with Crippen LogP contribution in [-0.2, 0) is 5.88 Å². The number of carbonyl (C=O) groups is 1. The van der Waals surface area contributed by atoms with Crippen molar-refractivity contribution in [2.75, 3.05) is 19.0 Å². The summed E-state index contributed by atoms with van der Waals surface area (Å²) in [6, 6.07) is 7.41. The monoisotopic (exact) mass is 212 g/mol. The fourth-order valence-corrected chi connectivity index (χ4v) is 1.27. The topological polar surface area (TPSA) is 32.3 Å². The van der Waals surface area contributed by atoms with E-state index < -0.39 is 0 Å². The summed E-state index contributed by atoms with van der Waals surface area (Å²) >= 11 is 5.66. The van der Waals surface area contributed by atoms with Gasteiger partial charge < -0.3 is 5.32 Å². The predicted octanol–water partition coefficient (Wildman–Crippen LogP) is 2.20. The molecule has 1 N–H and O–H groups in total. The van der Waals surface area contributed by atoms with E-state index in [2.05, 4.69) is 5.32 Å². The van der Waals surface area contributed by atoms with Crippen LogP contribution >= 0.6 is 11.6 Å². The van der Waals surface area contributed by atoms with Gasteiger partial charge >= 0.3 is 6.03 Å². The van der Waals surface area contributed by atoms with E-state index in [1.165, 1.54) is 4.90 Å². The van der Waals surface area contributed by atoms with Gasteiger partial charge in [-0.1, -0.05) is 12.1 Å². The first-order valence-electron chi connectivity index (χ1n) is 4.29. The lowest BCUT2D eigenvalue weighted by atomic mass is 10.2. The maximum Gasteiger partial charge on any atom is 0.321 e. The van der Waals surface area contributed by atoms with Crippen molar-refractivity contribution in [2.45, 2.75) is 5.88 Å². The van der Waals surface area contributed by atoms with E-state index in [-0.39, 0.29) is 6.03 Å². The molecule has 0 fully saturated rings. The van der Waals surface area contributed by atoms with Crippen LogP contribution in [0.15, 0.2) is 24.3 Å². The zero-order valence-electron chi connectivity index (χ0n) is 8.25. The average molecular weight is 213 g/mol. The van der Waals surface area contributed by atoms with Crippen molar-refractivity contribution in [3.63, 3.8) is 0 Å². The average Bonchev–Trinajstić information content (AvgIpc) is 2.27. The van der Waals surface area contributed by atoms with E-state index in [0.29, 0.717) is 5.88 Å². The van der Waals surface area contributed by atoms with Crippen LogP contribution in [0.4, 0.5) is 10.5 Å². The predicted molar refractivity (Wildman–Crippen MR) is 58.9 cm³/mol. The van der Waals surface area contributed by atoms with Gasteiger partial charge in [-0.15, -0.1) is 11.6 Å². The highest BCUT2D eigenvalue weighted by atomic mass is 35.5. The number of nitrogens with one attached hydrogen (secondary N) is 1. The van der Waals surface area contributed by atoms with Crippen molar-refractivity contribution in [3.8, 4) is 0 Å². The normalized spacial score (nSPS) is 9.64. The van der Waals surface area contributed by atoms with Crippen molar-refractivity contribution in [1.82, 2.24) is 5.32 Å². The second kappa shape index (κ2) is 4.86. The summed E-state index contributed by atoms with van der Waals surface area (Å²) in [6.07, 6.45) is 0. The first-order valence-corrected chi connectivity index (χ1v) is 4.83. The zero-order chi connectivity index (χ0) is 10.6. The van der Waals surface area contributed by atoms with Crippen molar-refractivity contribution in [1.29, 1.82) is 0 Å². The summed E-state index contributed by atoms with van der Waals surface area (Å²) < 4.78 is 0. The van der Waals surface area contributed by atoms with Crippen LogP contribution in [0, 0.1) is 0 Å². The Morgan fingerprint density at radius 3 is 2.43 bits per heavy atom. The van der Waals surface area contributed by atoms with E-state index in [1.807, 2.05) is 24.3 Å². The minimum atomic E-state index is -0.136. The first kappa shape index (κ1) is 10.9. The Morgan fingerprint density at radius 2 is 2.00 bits per heavy atom. The molecular weight excluding hydrogens is 200 g/mol. The lowest BCUT2D eigenvalue weighted by Gasteiger charge is -2.16. The van der Waals surface area contributed by atoms with Gasteiger partial charge in [-0.25, -0.2) is 4.79 Å². The number of amides is 2. The number of nitrogens with zero attached hydrogens (tertiary/aromatic N) is 1. The Balaban J connectivity index is 2.81. The number of alkyl halides is 1. The molecule has 3 nitrogen and oxygen atoms in total. The Bertz CT molecular complexity index is 310. The molecule has 1 rings (SSSR count). The third kappa shape index (κ3) is 2.39. The van der Waals surface area contributed by atoms with Gasteiger partial charge in [0.15, 0.2) is 0 Å². The molecule has 76 valence electrons. The van der Waals surface area contributed by atoms with E-state index in [1.54, 1.807) is 14.1 Å². The molecule has 2 amide bonds. The third-order valence-corrected chi connectivity index (χ3v) is 2.31. The van der Waals surface area contributed by atoms with E-state index >= 15 is 0 Å². The maximum absolute atomic E-state index is 11.3. The van der Waals surface area contributed by atoms with Crippen LogP contribution in [0.3, 0.4) is 0 Å². The van der Waals surface area contributed by atoms with Crippen molar-refractivity contribution >= 4 is 23.3 Å². The number of halogens is 1. The number of hydrogen-bond donors (Lipinski definition) is 1. The molecule has 1 aromatic carbocycles. The van der Waals surface area contributed by atoms with Gasteiger partial charge in [0.05, 0.1) is 0 Å². The molecule has 0 radical (unpaired) electrons. The van der Waals surface area contributed by atoms with Gasteiger partial charge in [-0.05, 0) is 17.7 Å². The molecule has 0 heterocycles. The minimum absolute atomic E-state index is 0.136. The molecule has 0 aliphatic carbocycles. The molecule has 0 saturated heterocycles. The van der Waals surface area contributed by atoms with Gasteiger partial charge in [0.25, 0.3) is 0 Å². The molecule has 14 heavy (non-hydrogen) atoms. The van der Waals surface area contributed by atoms with Crippen LogP contribution in [0.2, 0.25) is 0 Å². The van der Waals surface area contributed by atoms with Crippen molar-refractivity contribution in [2.24, 2.45) is 0 Å². The molecule has 1 aromatic rings. The molecule has 0 saturated carbocycles. The molecule has 0 spiro atoms. The van der Waals surface area contributed by atoms with E-state index in [4.69, 9.17) is 11.6 Å². The van der Waals surface area contributed by atoms with Crippen LogP contribution in [0.5, 0.6) is 0 Å². The SMILES string of the molecule is CNC(=O)N(C)c1ccc(CCl)cc1. The molecule has 0 aromatic heterocycles. The highest BCUT2D eigenvalue weighted by Gasteiger charge is 2.07. The van der Waals surface area contributed by atoms with Gasteiger partial charge in [-0.2, -0.15) is 0 Å². The second-order valence-corrected chi connectivity index (χ2v) is 3.18. The molecule has 0 bridgehead atoms. The zero-order valence-corrected chi connectivity index (χ0v) is 9.01. The van der Waals surface area contributed by atoms with Crippen LogP contribution in [0.25, 0.3) is 0 Å². The second-order valence-electron chi connectivity index (χ2n) is 2.91. The number of urea groups is 1. The Morgan fingerprint density at radius 1 is 1.43 bits per heavy atom. The summed E-state index contributed by atoms with van der Waals surface area (Å²) in [4.78, 5) is 12.8. The van der Waals surface area contributed by atoms with Gasteiger partial charge in [0.1, 0.15) is 0 Å². The number of rotatable bonds is 2. The Labute approximate surface area is 88.7 Å². The smallest absolute Gasteiger partial charge is 0.321 e. The van der Waals surface area contributed by atoms with E-state index in [0.717, 1.165) is 11.3 Å². The molecule has 0 atom stereocenters. The van der Waals surface area contributed by atoms with Crippen LogP contribution in [0.1, 0.15) is 5.56 Å². The molecule has 0 aliphatic rings. The molecule has 4 heteroatoms. The van der Waals surface area contributed by atoms with Gasteiger partial charge in [-0.3, -0.25) is 4.90 Å². The number of carbonyl (C=O) groups excluding carboxylic acids is 1. The molecule has 0 unspecified atom stereocenters. The van der Waals surface area contributed by atoms with Gasteiger partial charge in [0.2, 0.25) is 0 Å². The maximum atomic E-state index is 11.3.